The Balaban J connectivity index is 1.80. The molecule has 2 amide bonds. The van der Waals surface area contributed by atoms with Gasteiger partial charge in [0.2, 0.25) is 0 Å². The van der Waals surface area contributed by atoms with Gasteiger partial charge in [0, 0.05) is 23.8 Å². The van der Waals surface area contributed by atoms with Crippen LogP contribution in [-0.4, -0.2) is 37.7 Å². The van der Waals surface area contributed by atoms with Crippen molar-refractivity contribution in [1.82, 2.24) is 4.90 Å². The van der Waals surface area contributed by atoms with E-state index in [9.17, 15) is 9.59 Å². The van der Waals surface area contributed by atoms with E-state index in [1.54, 1.807) is 23.1 Å². The zero-order chi connectivity index (χ0) is 18.7. The first-order valence-electron chi connectivity index (χ1n) is 8.11. The van der Waals surface area contributed by atoms with Crippen LogP contribution < -0.4 is 10.1 Å². The van der Waals surface area contributed by atoms with E-state index >= 15 is 0 Å². The molecule has 0 bridgehead atoms. The Morgan fingerprint density at radius 3 is 2.65 bits per heavy atom. The van der Waals surface area contributed by atoms with E-state index in [-0.39, 0.29) is 12.0 Å². The van der Waals surface area contributed by atoms with Crippen molar-refractivity contribution in [3.05, 3.63) is 58.1 Å². The number of methoxy groups -OCH3 is 2. The smallest absolute Gasteiger partial charge is 0.409 e. The van der Waals surface area contributed by atoms with Crippen molar-refractivity contribution in [2.75, 3.05) is 26.1 Å². The molecule has 1 aliphatic heterocycles. The molecule has 136 valence electrons. The van der Waals surface area contributed by atoms with Crippen molar-refractivity contribution in [3.8, 4) is 5.75 Å². The highest BCUT2D eigenvalue weighted by atomic mass is 35.5. The van der Waals surface area contributed by atoms with Gasteiger partial charge in [0.15, 0.2) is 0 Å². The number of halogens is 1. The third-order valence-electron chi connectivity index (χ3n) is 4.32. The third-order valence-corrected chi connectivity index (χ3v) is 4.55. The average molecular weight is 375 g/mol. The highest BCUT2D eigenvalue weighted by Gasteiger charge is 2.22. The standard InChI is InChI=1S/C19H19ClN2O4/c1-25-17-6-4-14(20)10-16(17)18(23)21-15-5-3-12-7-8-22(19(24)26-2)11-13(12)9-15/h3-6,9-10H,7-8,11H2,1-2H3,(H,21,23). The molecular weight excluding hydrogens is 356 g/mol. The molecule has 0 radical (unpaired) electrons. The van der Waals surface area contributed by atoms with Gasteiger partial charge < -0.3 is 19.7 Å². The fourth-order valence-electron chi connectivity index (χ4n) is 2.98. The number of nitrogens with zero attached hydrogens (tertiary/aromatic N) is 1. The maximum absolute atomic E-state index is 12.6. The molecule has 0 fully saturated rings. The van der Waals surface area contributed by atoms with Crippen LogP contribution in [0.3, 0.4) is 0 Å². The number of amides is 2. The summed E-state index contributed by atoms with van der Waals surface area (Å²) in [6, 6.07) is 10.6. The summed E-state index contributed by atoms with van der Waals surface area (Å²) in [7, 11) is 2.87. The number of hydrogen-bond donors (Lipinski definition) is 1. The lowest BCUT2D eigenvalue weighted by Crippen LogP contribution is -2.35. The molecule has 7 heteroatoms. The quantitative estimate of drug-likeness (QED) is 0.888. The van der Waals surface area contributed by atoms with Crippen molar-refractivity contribution in [1.29, 1.82) is 0 Å². The predicted molar refractivity (Wildman–Crippen MR) is 98.9 cm³/mol. The maximum Gasteiger partial charge on any atom is 0.409 e. The fourth-order valence-corrected chi connectivity index (χ4v) is 3.15. The summed E-state index contributed by atoms with van der Waals surface area (Å²) < 4.78 is 10.0. The molecule has 6 nitrogen and oxygen atoms in total. The molecule has 1 N–H and O–H groups in total. The van der Waals surface area contributed by atoms with Crippen molar-refractivity contribution >= 4 is 29.3 Å². The highest BCUT2D eigenvalue weighted by molar-refractivity contribution is 6.31. The predicted octanol–water partition coefficient (Wildman–Crippen LogP) is 3.73. The Kier molecular flexibility index (Phi) is 5.32. The number of anilines is 1. The highest BCUT2D eigenvalue weighted by Crippen LogP contribution is 2.26. The van der Waals surface area contributed by atoms with Crippen LogP contribution in [0.4, 0.5) is 10.5 Å². The van der Waals surface area contributed by atoms with Gasteiger partial charge in [-0.1, -0.05) is 17.7 Å². The Morgan fingerprint density at radius 1 is 1.12 bits per heavy atom. The van der Waals surface area contributed by atoms with Crippen LogP contribution in [0.25, 0.3) is 0 Å². The Morgan fingerprint density at radius 2 is 1.92 bits per heavy atom. The molecule has 1 heterocycles. The lowest BCUT2D eigenvalue weighted by molar-refractivity contribution is 0.102. The van der Waals surface area contributed by atoms with E-state index in [4.69, 9.17) is 21.1 Å². The Labute approximate surface area is 156 Å². The van der Waals surface area contributed by atoms with Gasteiger partial charge in [-0.05, 0) is 47.9 Å². The maximum atomic E-state index is 12.6. The number of carbonyl (C=O) groups excluding carboxylic acids is 2. The summed E-state index contributed by atoms with van der Waals surface area (Å²) in [6.07, 6.45) is 0.398. The van der Waals surface area contributed by atoms with E-state index in [0.29, 0.717) is 35.1 Å². The molecule has 0 spiro atoms. The zero-order valence-corrected chi connectivity index (χ0v) is 15.3. The van der Waals surface area contributed by atoms with Crippen molar-refractivity contribution < 1.29 is 19.1 Å². The van der Waals surface area contributed by atoms with E-state index in [1.165, 1.54) is 14.2 Å². The number of ether oxygens (including phenoxy) is 2. The molecular formula is C19H19ClN2O4. The molecule has 0 saturated heterocycles. The zero-order valence-electron chi connectivity index (χ0n) is 14.5. The lowest BCUT2D eigenvalue weighted by atomic mass is 9.99. The van der Waals surface area contributed by atoms with Gasteiger partial charge in [-0.15, -0.1) is 0 Å². The summed E-state index contributed by atoms with van der Waals surface area (Å²) in [5.41, 5.74) is 3.14. The van der Waals surface area contributed by atoms with E-state index in [1.807, 2.05) is 18.2 Å². The lowest BCUT2D eigenvalue weighted by Gasteiger charge is -2.28. The van der Waals surface area contributed by atoms with Crippen molar-refractivity contribution in [3.63, 3.8) is 0 Å². The first kappa shape index (κ1) is 18.1. The van der Waals surface area contributed by atoms with Gasteiger partial charge in [-0.25, -0.2) is 4.79 Å². The second kappa shape index (κ2) is 7.66. The number of nitrogens with one attached hydrogen (secondary N) is 1. The molecule has 2 aromatic rings. The third kappa shape index (κ3) is 3.75. The van der Waals surface area contributed by atoms with Gasteiger partial charge in [0.25, 0.3) is 5.91 Å². The SMILES string of the molecule is COC(=O)N1CCc2ccc(NC(=O)c3cc(Cl)ccc3OC)cc2C1. The second-order valence-corrected chi connectivity index (χ2v) is 6.36. The minimum atomic E-state index is -0.353. The van der Waals surface area contributed by atoms with Gasteiger partial charge in [-0.3, -0.25) is 4.79 Å². The summed E-state index contributed by atoms with van der Waals surface area (Å²) >= 11 is 5.99. The van der Waals surface area contributed by atoms with Gasteiger partial charge >= 0.3 is 6.09 Å². The summed E-state index contributed by atoms with van der Waals surface area (Å²) in [5, 5.41) is 3.31. The molecule has 2 aromatic carbocycles. The number of hydrogen-bond acceptors (Lipinski definition) is 4. The number of benzene rings is 2. The normalized spacial score (nSPS) is 13.0. The fraction of sp³-hybridized carbons (Fsp3) is 0.263. The largest absolute Gasteiger partial charge is 0.496 e. The van der Waals surface area contributed by atoms with Gasteiger partial charge in [-0.2, -0.15) is 0 Å². The van der Waals surface area contributed by atoms with Crippen molar-refractivity contribution in [2.45, 2.75) is 13.0 Å². The average Bonchev–Trinajstić information content (AvgIpc) is 2.66. The number of carbonyl (C=O) groups is 2. The number of fused-ring (bicyclic) bond motifs is 1. The van der Waals surface area contributed by atoms with Crippen LogP contribution >= 0.6 is 11.6 Å². The number of rotatable bonds is 3. The van der Waals surface area contributed by atoms with Crippen LogP contribution in [0.5, 0.6) is 5.75 Å². The second-order valence-electron chi connectivity index (χ2n) is 5.92. The van der Waals surface area contributed by atoms with Crippen LogP contribution in [0, 0.1) is 0 Å². The first-order chi connectivity index (χ1) is 12.5. The van der Waals surface area contributed by atoms with Gasteiger partial charge in [0.1, 0.15) is 5.75 Å². The molecule has 0 saturated carbocycles. The Bertz CT molecular complexity index is 853. The summed E-state index contributed by atoms with van der Waals surface area (Å²) in [6.45, 7) is 1.07. The molecule has 0 aliphatic carbocycles. The van der Waals surface area contributed by atoms with E-state index < -0.39 is 0 Å². The van der Waals surface area contributed by atoms with Crippen LogP contribution in [0.2, 0.25) is 5.02 Å². The van der Waals surface area contributed by atoms with E-state index in [2.05, 4.69) is 5.32 Å². The molecule has 1 aliphatic rings. The van der Waals surface area contributed by atoms with Crippen LogP contribution in [0.15, 0.2) is 36.4 Å². The minimum absolute atomic E-state index is 0.315. The van der Waals surface area contributed by atoms with Crippen LogP contribution in [-0.2, 0) is 17.7 Å². The topological polar surface area (TPSA) is 67.9 Å². The molecule has 0 unspecified atom stereocenters. The van der Waals surface area contributed by atoms with Crippen LogP contribution in [0.1, 0.15) is 21.5 Å². The minimum Gasteiger partial charge on any atom is -0.496 e. The first-order valence-corrected chi connectivity index (χ1v) is 8.49. The Hall–Kier alpha value is -2.73. The van der Waals surface area contributed by atoms with E-state index in [0.717, 1.165) is 17.5 Å². The van der Waals surface area contributed by atoms with Crippen molar-refractivity contribution in [2.24, 2.45) is 0 Å². The van der Waals surface area contributed by atoms with Gasteiger partial charge in [0.05, 0.1) is 19.8 Å². The monoisotopic (exact) mass is 374 g/mol. The molecule has 26 heavy (non-hydrogen) atoms. The summed E-state index contributed by atoms with van der Waals surface area (Å²) in [4.78, 5) is 26.0. The molecule has 3 rings (SSSR count). The molecule has 0 aromatic heterocycles. The summed E-state index contributed by atoms with van der Waals surface area (Å²) in [5.74, 6) is 0.131. The molecule has 0 atom stereocenters.